The van der Waals surface area contributed by atoms with E-state index in [4.69, 9.17) is 11.6 Å². The van der Waals surface area contributed by atoms with Crippen LogP contribution in [0.4, 0.5) is 0 Å². The van der Waals surface area contributed by atoms with Crippen LogP contribution in [0.2, 0.25) is 5.02 Å². The van der Waals surface area contributed by atoms with Crippen LogP contribution in [0.5, 0.6) is 0 Å². The van der Waals surface area contributed by atoms with Gasteiger partial charge in [-0.1, -0.05) is 41.4 Å². The number of carbonyl (C=O) groups excluding carboxylic acids is 1. The molecule has 3 aromatic rings. The molecule has 0 fully saturated rings. The fourth-order valence-electron chi connectivity index (χ4n) is 3.45. The van der Waals surface area contributed by atoms with Gasteiger partial charge >= 0.3 is 0 Å². The van der Waals surface area contributed by atoms with E-state index in [0.29, 0.717) is 11.6 Å². The quantitative estimate of drug-likeness (QED) is 0.710. The summed E-state index contributed by atoms with van der Waals surface area (Å²) in [7, 11) is 0. The Morgan fingerprint density at radius 2 is 1.87 bits per heavy atom. The zero-order chi connectivity index (χ0) is 16.1. The Hall–Kier alpha value is -2.26. The lowest BCUT2D eigenvalue weighted by molar-refractivity contribution is 0.0928. The molecule has 0 radical (unpaired) electrons. The molecule has 116 valence electrons. The zero-order valence-corrected chi connectivity index (χ0v) is 13.9. The van der Waals surface area contributed by atoms with Gasteiger partial charge in [-0.25, -0.2) is 0 Å². The van der Waals surface area contributed by atoms with E-state index >= 15 is 0 Å². The van der Waals surface area contributed by atoms with Gasteiger partial charge in [0.2, 0.25) is 0 Å². The second-order valence-electron chi connectivity index (χ2n) is 6.10. The van der Waals surface area contributed by atoms with Gasteiger partial charge in [-0.05, 0) is 37.1 Å². The highest BCUT2D eigenvalue weighted by Crippen LogP contribution is 2.37. The van der Waals surface area contributed by atoms with Gasteiger partial charge in [0.15, 0.2) is 0 Å². The van der Waals surface area contributed by atoms with E-state index in [1.54, 1.807) is 0 Å². The van der Waals surface area contributed by atoms with Crippen molar-refractivity contribution >= 4 is 28.4 Å². The van der Waals surface area contributed by atoms with Gasteiger partial charge in [0, 0.05) is 29.1 Å². The SMILES string of the molecule is Cc1ccc(-c2cc(Cl)cc3c(C)c4n(c23)CCNC4=O)cc1. The molecule has 2 aromatic carbocycles. The van der Waals surface area contributed by atoms with E-state index in [1.165, 1.54) is 5.56 Å². The predicted molar refractivity (Wildman–Crippen MR) is 94.2 cm³/mol. The minimum Gasteiger partial charge on any atom is -0.349 e. The molecular weight excluding hydrogens is 308 g/mol. The Kier molecular flexibility index (Phi) is 3.20. The van der Waals surface area contributed by atoms with Crippen molar-refractivity contribution in [3.63, 3.8) is 0 Å². The second kappa shape index (κ2) is 5.14. The molecule has 2 heterocycles. The summed E-state index contributed by atoms with van der Waals surface area (Å²) >= 11 is 6.37. The number of aryl methyl sites for hydroxylation is 2. The number of carbonyl (C=O) groups is 1. The molecule has 0 unspecified atom stereocenters. The molecule has 1 N–H and O–H groups in total. The first-order chi connectivity index (χ1) is 11.1. The lowest BCUT2D eigenvalue weighted by Gasteiger charge is -2.18. The standard InChI is InChI=1S/C19H17ClN2O/c1-11-3-5-13(6-4-11)16-10-14(20)9-15-12(2)17-19(23)21-7-8-22(17)18(15)16/h3-6,9-10H,7-8H2,1-2H3,(H,21,23). The van der Waals surface area contributed by atoms with E-state index in [1.807, 2.05) is 19.1 Å². The molecule has 3 nitrogen and oxygen atoms in total. The number of hydrogen-bond donors (Lipinski definition) is 1. The minimum absolute atomic E-state index is 0.00377. The van der Waals surface area contributed by atoms with Crippen LogP contribution in [-0.4, -0.2) is 17.0 Å². The topological polar surface area (TPSA) is 34.0 Å². The van der Waals surface area contributed by atoms with Crippen LogP contribution in [0.25, 0.3) is 22.0 Å². The van der Waals surface area contributed by atoms with E-state index in [0.717, 1.165) is 39.8 Å². The molecule has 1 amide bonds. The van der Waals surface area contributed by atoms with Gasteiger partial charge in [0.05, 0.1) is 5.52 Å². The number of rotatable bonds is 1. The summed E-state index contributed by atoms with van der Waals surface area (Å²) in [5.74, 6) is -0.00377. The summed E-state index contributed by atoms with van der Waals surface area (Å²) in [4.78, 5) is 12.3. The fraction of sp³-hybridized carbons (Fsp3) is 0.211. The molecule has 0 spiro atoms. The maximum atomic E-state index is 12.3. The molecule has 0 saturated heterocycles. The lowest BCUT2D eigenvalue weighted by atomic mass is 10.0. The average Bonchev–Trinajstić information content (AvgIpc) is 2.82. The Morgan fingerprint density at radius 3 is 2.61 bits per heavy atom. The van der Waals surface area contributed by atoms with Gasteiger partial charge in [-0.3, -0.25) is 4.79 Å². The predicted octanol–water partition coefficient (Wildman–Crippen LogP) is 4.32. The number of nitrogens with one attached hydrogen (secondary N) is 1. The summed E-state index contributed by atoms with van der Waals surface area (Å²) in [6.07, 6.45) is 0. The average molecular weight is 325 g/mol. The molecule has 4 rings (SSSR count). The van der Waals surface area contributed by atoms with E-state index in [9.17, 15) is 4.79 Å². The van der Waals surface area contributed by atoms with Crippen LogP contribution < -0.4 is 5.32 Å². The van der Waals surface area contributed by atoms with E-state index in [2.05, 4.69) is 41.1 Å². The van der Waals surface area contributed by atoms with E-state index < -0.39 is 0 Å². The fourth-order valence-corrected chi connectivity index (χ4v) is 3.67. The van der Waals surface area contributed by atoms with Crippen LogP contribution >= 0.6 is 11.6 Å². The van der Waals surface area contributed by atoms with Crippen molar-refractivity contribution in [1.29, 1.82) is 0 Å². The van der Waals surface area contributed by atoms with Gasteiger partial charge in [-0.2, -0.15) is 0 Å². The first-order valence-corrected chi connectivity index (χ1v) is 8.11. The van der Waals surface area contributed by atoms with Gasteiger partial charge in [0.25, 0.3) is 5.91 Å². The molecule has 23 heavy (non-hydrogen) atoms. The first-order valence-electron chi connectivity index (χ1n) is 7.74. The van der Waals surface area contributed by atoms with Gasteiger partial charge in [0.1, 0.15) is 5.69 Å². The largest absolute Gasteiger partial charge is 0.349 e. The number of halogens is 1. The Morgan fingerprint density at radius 1 is 1.13 bits per heavy atom. The number of fused-ring (bicyclic) bond motifs is 3. The Labute approximate surface area is 139 Å². The molecule has 0 saturated carbocycles. The highest BCUT2D eigenvalue weighted by Gasteiger charge is 2.25. The summed E-state index contributed by atoms with van der Waals surface area (Å²) in [6.45, 7) is 5.51. The zero-order valence-electron chi connectivity index (χ0n) is 13.1. The first kappa shape index (κ1) is 14.3. The molecule has 1 aromatic heterocycles. The molecular formula is C19H17ClN2O. The number of hydrogen-bond acceptors (Lipinski definition) is 1. The van der Waals surface area contributed by atoms with Crippen molar-refractivity contribution in [2.45, 2.75) is 20.4 Å². The molecule has 0 aliphatic carbocycles. The molecule has 4 heteroatoms. The van der Waals surface area contributed by atoms with E-state index in [-0.39, 0.29) is 5.91 Å². The summed E-state index contributed by atoms with van der Waals surface area (Å²) in [5.41, 5.74) is 6.27. The monoisotopic (exact) mass is 324 g/mol. The Balaban J connectivity index is 2.10. The second-order valence-corrected chi connectivity index (χ2v) is 6.53. The van der Waals surface area contributed by atoms with Crippen molar-refractivity contribution in [2.24, 2.45) is 0 Å². The molecule has 0 bridgehead atoms. The van der Waals surface area contributed by atoms with Crippen LogP contribution in [0.15, 0.2) is 36.4 Å². The highest BCUT2D eigenvalue weighted by molar-refractivity contribution is 6.32. The third-order valence-electron chi connectivity index (χ3n) is 4.57. The number of nitrogens with zero attached hydrogens (tertiary/aromatic N) is 1. The molecule has 0 atom stereocenters. The number of aromatic nitrogens is 1. The van der Waals surface area contributed by atoms with Crippen LogP contribution in [0.3, 0.4) is 0 Å². The van der Waals surface area contributed by atoms with Crippen molar-refractivity contribution in [1.82, 2.24) is 9.88 Å². The third kappa shape index (κ3) is 2.15. The maximum absolute atomic E-state index is 12.3. The van der Waals surface area contributed by atoms with Crippen LogP contribution in [0.1, 0.15) is 21.6 Å². The number of benzene rings is 2. The van der Waals surface area contributed by atoms with Crippen molar-refractivity contribution in [3.05, 3.63) is 58.2 Å². The summed E-state index contributed by atoms with van der Waals surface area (Å²) in [6, 6.07) is 12.4. The maximum Gasteiger partial charge on any atom is 0.268 e. The highest BCUT2D eigenvalue weighted by atomic mass is 35.5. The third-order valence-corrected chi connectivity index (χ3v) is 4.79. The number of amides is 1. The molecule has 1 aliphatic heterocycles. The van der Waals surface area contributed by atoms with Crippen LogP contribution in [0, 0.1) is 13.8 Å². The van der Waals surface area contributed by atoms with Crippen molar-refractivity contribution < 1.29 is 4.79 Å². The smallest absolute Gasteiger partial charge is 0.268 e. The van der Waals surface area contributed by atoms with Gasteiger partial charge < -0.3 is 9.88 Å². The van der Waals surface area contributed by atoms with Crippen molar-refractivity contribution in [3.8, 4) is 11.1 Å². The Bertz CT molecular complexity index is 938. The van der Waals surface area contributed by atoms with Crippen LogP contribution in [-0.2, 0) is 6.54 Å². The minimum atomic E-state index is -0.00377. The van der Waals surface area contributed by atoms with Crippen molar-refractivity contribution in [2.75, 3.05) is 6.54 Å². The van der Waals surface area contributed by atoms with Gasteiger partial charge in [-0.15, -0.1) is 0 Å². The normalized spacial score (nSPS) is 14.0. The summed E-state index contributed by atoms with van der Waals surface area (Å²) in [5, 5.41) is 4.68. The lowest BCUT2D eigenvalue weighted by Crippen LogP contribution is -2.35. The molecule has 1 aliphatic rings. The summed E-state index contributed by atoms with van der Waals surface area (Å²) < 4.78 is 2.13.